The second-order valence-electron chi connectivity index (χ2n) is 5.08. The SMILES string of the molecule is CCc1ccccc1N1C(=O)C(CC)NC(=O)C1CC. The maximum Gasteiger partial charge on any atom is 0.250 e. The van der Waals surface area contributed by atoms with E-state index in [0.29, 0.717) is 12.8 Å². The number of rotatable bonds is 4. The van der Waals surface area contributed by atoms with Gasteiger partial charge in [-0.1, -0.05) is 39.0 Å². The molecule has 4 nitrogen and oxygen atoms in total. The number of benzene rings is 1. The number of carbonyl (C=O) groups excluding carboxylic acids is 2. The van der Waals surface area contributed by atoms with Crippen LogP contribution in [0.1, 0.15) is 39.2 Å². The first-order valence-electron chi connectivity index (χ1n) is 7.35. The Kier molecular flexibility index (Phi) is 4.42. The van der Waals surface area contributed by atoms with Gasteiger partial charge in [0.2, 0.25) is 11.8 Å². The van der Waals surface area contributed by atoms with Crippen molar-refractivity contribution >= 4 is 17.5 Å². The number of nitrogens with one attached hydrogen (secondary N) is 1. The number of para-hydroxylation sites is 1. The zero-order chi connectivity index (χ0) is 14.7. The van der Waals surface area contributed by atoms with Crippen LogP contribution in [0.3, 0.4) is 0 Å². The van der Waals surface area contributed by atoms with Crippen molar-refractivity contribution in [1.29, 1.82) is 0 Å². The van der Waals surface area contributed by atoms with Crippen molar-refractivity contribution in [3.05, 3.63) is 29.8 Å². The van der Waals surface area contributed by atoms with Crippen molar-refractivity contribution < 1.29 is 9.59 Å². The summed E-state index contributed by atoms with van der Waals surface area (Å²) in [5.41, 5.74) is 1.98. The van der Waals surface area contributed by atoms with Crippen LogP contribution in [0.25, 0.3) is 0 Å². The monoisotopic (exact) mass is 274 g/mol. The molecule has 0 bridgehead atoms. The molecule has 20 heavy (non-hydrogen) atoms. The van der Waals surface area contributed by atoms with E-state index in [2.05, 4.69) is 12.2 Å². The van der Waals surface area contributed by atoms with Crippen LogP contribution < -0.4 is 10.2 Å². The molecule has 0 aliphatic carbocycles. The number of carbonyl (C=O) groups is 2. The summed E-state index contributed by atoms with van der Waals surface area (Å²) in [5.74, 6) is -0.0512. The summed E-state index contributed by atoms with van der Waals surface area (Å²) in [6.45, 7) is 5.91. The average molecular weight is 274 g/mol. The van der Waals surface area contributed by atoms with Crippen molar-refractivity contribution in [3.8, 4) is 0 Å². The molecule has 1 aromatic rings. The molecule has 108 valence electrons. The van der Waals surface area contributed by atoms with Crippen LogP contribution in [0.5, 0.6) is 0 Å². The lowest BCUT2D eigenvalue weighted by atomic mass is 10.00. The van der Waals surface area contributed by atoms with Gasteiger partial charge < -0.3 is 5.32 Å². The van der Waals surface area contributed by atoms with Crippen molar-refractivity contribution in [3.63, 3.8) is 0 Å². The van der Waals surface area contributed by atoms with Crippen molar-refractivity contribution in [2.24, 2.45) is 0 Å². The summed E-state index contributed by atoms with van der Waals surface area (Å²) >= 11 is 0. The molecule has 2 unspecified atom stereocenters. The van der Waals surface area contributed by atoms with E-state index in [1.54, 1.807) is 4.90 Å². The van der Waals surface area contributed by atoms with Crippen LogP contribution in [-0.2, 0) is 16.0 Å². The number of hydrogen-bond acceptors (Lipinski definition) is 2. The van der Waals surface area contributed by atoms with E-state index < -0.39 is 12.1 Å². The molecule has 0 aromatic heterocycles. The molecule has 1 N–H and O–H groups in total. The lowest BCUT2D eigenvalue weighted by Gasteiger charge is -2.39. The number of hydrogen-bond donors (Lipinski definition) is 1. The van der Waals surface area contributed by atoms with Gasteiger partial charge in [0.15, 0.2) is 0 Å². The maximum absolute atomic E-state index is 12.7. The molecule has 2 atom stereocenters. The average Bonchev–Trinajstić information content (AvgIpc) is 2.48. The van der Waals surface area contributed by atoms with Crippen LogP contribution >= 0.6 is 0 Å². The van der Waals surface area contributed by atoms with Crippen LogP contribution in [-0.4, -0.2) is 23.9 Å². The van der Waals surface area contributed by atoms with Gasteiger partial charge in [0.1, 0.15) is 12.1 Å². The molecule has 1 aromatic carbocycles. The van der Waals surface area contributed by atoms with E-state index >= 15 is 0 Å². The summed E-state index contributed by atoms with van der Waals surface area (Å²) in [6, 6.07) is 7.03. The molecule has 2 rings (SSSR count). The highest BCUT2D eigenvalue weighted by molar-refractivity contribution is 6.08. The Hall–Kier alpha value is -1.84. The fourth-order valence-electron chi connectivity index (χ4n) is 2.74. The van der Waals surface area contributed by atoms with Gasteiger partial charge in [0.05, 0.1) is 0 Å². The molecule has 0 spiro atoms. The highest BCUT2D eigenvalue weighted by Crippen LogP contribution is 2.27. The standard InChI is InChI=1S/C16H22N2O2/c1-4-11-9-7-8-10-14(11)18-13(6-3)15(19)17-12(5-2)16(18)20/h7-10,12-13H,4-6H2,1-3H3,(H,17,19). The van der Waals surface area contributed by atoms with Gasteiger partial charge in [-0.05, 0) is 30.9 Å². The van der Waals surface area contributed by atoms with Crippen LogP contribution in [0, 0.1) is 0 Å². The summed E-state index contributed by atoms with van der Waals surface area (Å²) in [6.07, 6.45) is 2.08. The quantitative estimate of drug-likeness (QED) is 0.915. The zero-order valence-electron chi connectivity index (χ0n) is 12.3. The minimum atomic E-state index is -0.407. The minimum absolute atomic E-state index is 0.000139. The first-order chi connectivity index (χ1) is 9.63. The summed E-state index contributed by atoms with van der Waals surface area (Å²) < 4.78 is 0. The topological polar surface area (TPSA) is 49.4 Å². The van der Waals surface area contributed by atoms with Crippen LogP contribution in [0.15, 0.2) is 24.3 Å². The Morgan fingerprint density at radius 2 is 1.80 bits per heavy atom. The molecule has 1 saturated heterocycles. The second-order valence-corrected chi connectivity index (χ2v) is 5.08. The predicted octanol–water partition coefficient (Wildman–Crippen LogP) is 2.27. The molecular formula is C16H22N2O2. The predicted molar refractivity (Wildman–Crippen MR) is 79.6 cm³/mol. The fraction of sp³-hybridized carbons (Fsp3) is 0.500. The molecule has 1 aliphatic rings. The first kappa shape index (κ1) is 14.6. The Bertz CT molecular complexity index is 513. The van der Waals surface area contributed by atoms with Crippen LogP contribution in [0.4, 0.5) is 5.69 Å². The van der Waals surface area contributed by atoms with Gasteiger partial charge in [-0.3, -0.25) is 14.5 Å². The van der Waals surface area contributed by atoms with Gasteiger partial charge >= 0.3 is 0 Å². The summed E-state index contributed by atoms with van der Waals surface area (Å²) in [7, 11) is 0. The third kappa shape index (κ3) is 2.42. The summed E-state index contributed by atoms with van der Waals surface area (Å²) in [5, 5.41) is 2.82. The second kappa shape index (κ2) is 6.07. The number of nitrogens with zero attached hydrogens (tertiary/aromatic N) is 1. The molecule has 1 aliphatic heterocycles. The number of piperazine rings is 1. The summed E-state index contributed by atoms with van der Waals surface area (Å²) in [4.78, 5) is 26.6. The smallest absolute Gasteiger partial charge is 0.250 e. The number of aryl methyl sites for hydroxylation is 1. The molecular weight excluding hydrogens is 252 g/mol. The Labute approximate surface area is 120 Å². The first-order valence-corrected chi connectivity index (χ1v) is 7.35. The van der Waals surface area contributed by atoms with Gasteiger partial charge in [-0.25, -0.2) is 0 Å². The zero-order valence-corrected chi connectivity index (χ0v) is 12.3. The highest BCUT2D eigenvalue weighted by Gasteiger charge is 2.40. The molecule has 0 saturated carbocycles. The lowest BCUT2D eigenvalue weighted by Crippen LogP contribution is -2.63. The van der Waals surface area contributed by atoms with Gasteiger partial charge in [0, 0.05) is 5.69 Å². The third-order valence-electron chi connectivity index (χ3n) is 3.89. The van der Waals surface area contributed by atoms with Crippen molar-refractivity contribution in [2.75, 3.05) is 4.90 Å². The fourth-order valence-corrected chi connectivity index (χ4v) is 2.74. The Morgan fingerprint density at radius 1 is 1.10 bits per heavy atom. The van der Waals surface area contributed by atoms with Gasteiger partial charge in [-0.15, -0.1) is 0 Å². The lowest BCUT2D eigenvalue weighted by molar-refractivity contribution is -0.134. The molecule has 0 radical (unpaired) electrons. The third-order valence-corrected chi connectivity index (χ3v) is 3.89. The molecule has 2 amide bonds. The normalized spacial score (nSPS) is 22.9. The van der Waals surface area contributed by atoms with Gasteiger partial charge in [-0.2, -0.15) is 0 Å². The van der Waals surface area contributed by atoms with Gasteiger partial charge in [0.25, 0.3) is 0 Å². The highest BCUT2D eigenvalue weighted by atomic mass is 16.2. The Morgan fingerprint density at radius 3 is 2.40 bits per heavy atom. The van der Waals surface area contributed by atoms with E-state index in [1.807, 2.05) is 38.1 Å². The molecule has 4 heteroatoms. The van der Waals surface area contributed by atoms with E-state index in [0.717, 1.165) is 17.7 Å². The molecule has 1 heterocycles. The van der Waals surface area contributed by atoms with E-state index in [9.17, 15) is 9.59 Å². The minimum Gasteiger partial charge on any atom is -0.342 e. The van der Waals surface area contributed by atoms with Crippen molar-refractivity contribution in [1.82, 2.24) is 5.32 Å². The van der Waals surface area contributed by atoms with E-state index in [4.69, 9.17) is 0 Å². The number of anilines is 1. The maximum atomic E-state index is 12.7. The number of amides is 2. The van der Waals surface area contributed by atoms with E-state index in [-0.39, 0.29) is 11.8 Å². The molecule has 1 fully saturated rings. The largest absolute Gasteiger partial charge is 0.342 e. The Balaban J connectivity index is 2.48. The van der Waals surface area contributed by atoms with Crippen molar-refractivity contribution in [2.45, 2.75) is 52.1 Å². The van der Waals surface area contributed by atoms with Crippen LogP contribution in [0.2, 0.25) is 0 Å². The van der Waals surface area contributed by atoms with E-state index in [1.165, 1.54) is 0 Å².